The average molecular weight is 417 g/mol. The number of para-hydroxylation sites is 2. The van der Waals surface area contributed by atoms with Crippen LogP contribution in [0, 0.1) is 18.3 Å². The number of ether oxygens (including phenoxy) is 2. The SMILES string of the molecule is COc1ccc(/C=N/NC(=O)c2nn(-c3ccccc3OC)c(=O)c(C#N)c2C)cc1. The predicted octanol–water partition coefficient (Wildman–Crippen LogP) is 2.19. The molecule has 0 atom stereocenters. The highest BCUT2D eigenvalue weighted by atomic mass is 16.5. The van der Waals surface area contributed by atoms with Gasteiger partial charge in [0, 0.05) is 5.56 Å². The molecular weight excluding hydrogens is 398 g/mol. The second-order valence-corrected chi connectivity index (χ2v) is 6.32. The molecule has 156 valence electrons. The molecule has 31 heavy (non-hydrogen) atoms. The smallest absolute Gasteiger partial charge is 0.292 e. The summed E-state index contributed by atoms with van der Waals surface area (Å²) in [5, 5.41) is 17.6. The number of hydrogen-bond donors (Lipinski definition) is 1. The zero-order chi connectivity index (χ0) is 22.4. The maximum atomic E-state index is 12.8. The molecule has 3 aromatic rings. The van der Waals surface area contributed by atoms with Crippen LogP contribution < -0.4 is 20.5 Å². The number of hydrogen-bond acceptors (Lipinski definition) is 7. The third-order valence-electron chi connectivity index (χ3n) is 4.47. The minimum atomic E-state index is -0.664. The Labute approximate surface area is 178 Å². The number of carbonyl (C=O) groups excluding carboxylic acids is 1. The van der Waals surface area contributed by atoms with Gasteiger partial charge in [-0.3, -0.25) is 9.59 Å². The van der Waals surface area contributed by atoms with Gasteiger partial charge < -0.3 is 9.47 Å². The molecule has 3 rings (SSSR count). The van der Waals surface area contributed by atoms with Gasteiger partial charge in [-0.05, 0) is 48.9 Å². The third-order valence-corrected chi connectivity index (χ3v) is 4.47. The second kappa shape index (κ2) is 9.37. The fourth-order valence-electron chi connectivity index (χ4n) is 2.83. The molecule has 0 unspecified atom stereocenters. The van der Waals surface area contributed by atoms with Crippen LogP contribution in [0.4, 0.5) is 0 Å². The van der Waals surface area contributed by atoms with Gasteiger partial charge in [-0.2, -0.15) is 20.1 Å². The molecule has 0 fully saturated rings. The Hall–Kier alpha value is -4.45. The Kier molecular flexibility index (Phi) is 6.42. The van der Waals surface area contributed by atoms with Gasteiger partial charge >= 0.3 is 0 Å². The molecule has 1 heterocycles. The third kappa shape index (κ3) is 4.43. The summed E-state index contributed by atoms with van der Waals surface area (Å²) in [5.41, 5.74) is 2.64. The largest absolute Gasteiger partial charge is 0.497 e. The number of nitrogens with one attached hydrogen (secondary N) is 1. The average Bonchev–Trinajstić information content (AvgIpc) is 2.80. The van der Waals surface area contributed by atoms with E-state index in [9.17, 15) is 14.9 Å². The van der Waals surface area contributed by atoms with Gasteiger partial charge in [-0.1, -0.05) is 12.1 Å². The van der Waals surface area contributed by atoms with Crippen LogP contribution in [0.2, 0.25) is 0 Å². The molecule has 0 aliphatic rings. The van der Waals surface area contributed by atoms with Gasteiger partial charge in [-0.15, -0.1) is 0 Å². The van der Waals surface area contributed by atoms with Crippen molar-refractivity contribution < 1.29 is 14.3 Å². The number of nitriles is 1. The van der Waals surface area contributed by atoms with Crippen LogP contribution in [0.15, 0.2) is 58.4 Å². The van der Waals surface area contributed by atoms with E-state index < -0.39 is 11.5 Å². The lowest BCUT2D eigenvalue weighted by Gasteiger charge is -2.13. The van der Waals surface area contributed by atoms with E-state index in [0.717, 1.165) is 10.2 Å². The van der Waals surface area contributed by atoms with E-state index in [2.05, 4.69) is 15.6 Å². The number of nitrogens with zero attached hydrogens (tertiary/aromatic N) is 4. The van der Waals surface area contributed by atoms with Crippen molar-refractivity contribution in [2.24, 2.45) is 5.10 Å². The van der Waals surface area contributed by atoms with E-state index in [4.69, 9.17) is 9.47 Å². The van der Waals surface area contributed by atoms with Crippen LogP contribution in [0.5, 0.6) is 11.5 Å². The lowest BCUT2D eigenvalue weighted by atomic mass is 10.1. The van der Waals surface area contributed by atoms with Crippen LogP contribution in [-0.2, 0) is 0 Å². The standard InChI is InChI=1S/C22H19N5O4/c1-14-17(12-23)22(29)27(18-6-4-5-7-19(18)31-3)26-20(14)21(28)25-24-13-15-8-10-16(30-2)11-9-15/h4-11,13H,1-3H3,(H,25,28)/b24-13+. The van der Waals surface area contributed by atoms with E-state index in [1.807, 2.05) is 6.07 Å². The molecule has 0 spiro atoms. The molecule has 9 nitrogen and oxygen atoms in total. The summed E-state index contributed by atoms with van der Waals surface area (Å²) < 4.78 is 11.3. The monoisotopic (exact) mass is 417 g/mol. The minimum absolute atomic E-state index is 0.103. The van der Waals surface area contributed by atoms with Crippen LogP contribution in [0.25, 0.3) is 5.69 Å². The van der Waals surface area contributed by atoms with E-state index in [1.54, 1.807) is 55.6 Å². The van der Waals surface area contributed by atoms with Crippen LogP contribution in [0.3, 0.4) is 0 Å². The Morgan fingerprint density at radius 1 is 1.16 bits per heavy atom. The van der Waals surface area contributed by atoms with Crippen molar-refractivity contribution in [2.45, 2.75) is 6.92 Å². The highest BCUT2D eigenvalue weighted by Crippen LogP contribution is 2.21. The Balaban J connectivity index is 1.96. The van der Waals surface area contributed by atoms with E-state index in [1.165, 1.54) is 20.2 Å². The summed E-state index contributed by atoms with van der Waals surface area (Å²) >= 11 is 0. The lowest BCUT2D eigenvalue weighted by molar-refractivity contribution is 0.0947. The summed E-state index contributed by atoms with van der Waals surface area (Å²) in [6, 6.07) is 15.6. The molecule has 0 aliphatic heterocycles. The summed E-state index contributed by atoms with van der Waals surface area (Å²) in [4.78, 5) is 25.5. The molecular formula is C22H19N5O4. The van der Waals surface area contributed by atoms with Crippen molar-refractivity contribution in [3.05, 3.63) is 81.3 Å². The fraction of sp³-hybridized carbons (Fsp3) is 0.136. The lowest BCUT2D eigenvalue weighted by Crippen LogP contribution is -2.31. The highest BCUT2D eigenvalue weighted by Gasteiger charge is 2.21. The molecule has 0 radical (unpaired) electrons. The van der Waals surface area contributed by atoms with Crippen LogP contribution >= 0.6 is 0 Å². The van der Waals surface area contributed by atoms with Crippen LogP contribution in [-0.4, -0.2) is 36.1 Å². The molecule has 1 N–H and O–H groups in total. The zero-order valence-corrected chi connectivity index (χ0v) is 17.1. The maximum Gasteiger partial charge on any atom is 0.292 e. The molecule has 1 aromatic heterocycles. The number of aromatic nitrogens is 2. The first-order chi connectivity index (χ1) is 15.0. The highest BCUT2D eigenvalue weighted by molar-refractivity contribution is 5.94. The molecule has 0 aliphatic carbocycles. The number of methoxy groups -OCH3 is 2. The maximum absolute atomic E-state index is 12.8. The van der Waals surface area contributed by atoms with Crippen molar-refractivity contribution in [2.75, 3.05) is 14.2 Å². The summed E-state index contributed by atoms with van der Waals surface area (Å²) in [6.07, 6.45) is 1.45. The molecule has 0 bridgehead atoms. The molecule has 0 saturated heterocycles. The van der Waals surface area contributed by atoms with Gasteiger partial charge in [0.1, 0.15) is 28.8 Å². The van der Waals surface area contributed by atoms with E-state index in [0.29, 0.717) is 17.2 Å². The Bertz CT molecular complexity index is 1240. The molecule has 2 aromatic carbocycles. The van der Waals surface area contributed by atoms with Crippen molar-refractivity contribution in [3.63, 3.8) is 0 Å². The van der Waals surface area contributed by atoms with Crippen molar-refractivity contribution in [3.8, 4) is 23.3 Å². The zero-order valence-electron chi connectivity index (χ0n) is 17.1. The first kappa shape index (κ1) is 21.3. The fourth-order valence-corrected chi connectivity index (χ4v) is 2.83. The number of amides is 1. The second-order valence-electron chi connectivity index (χ2n) is 6.32. The predicted molar refractivity (Wildman–Crippen MR) is 114 cm³/mol. The number of hydrazone groups is 1. The Morgan fingerprint density at radius 2 is 1.87 bits per heavy atom. The van der Waals surface area contributed by atoms with Gasteiger partial charge in [-0.25, -0.2) is 5.43 Å². The molecule has 9 heteroatoms. The van der Waals surface area contributed by atoms with Gasteiger partial charge in [0.05, 0.1) is 20.4 Å². The van der Waals surface area contributed by atoms with E-state index in [-0.39, 0.29) is 16.8 Å². The van der Waals surface area contributed by atoms with Gasteiger partial charge in [0.25, 0.3) is 11.5 Å². The quantitative estimate of drug-likeness (QED) is 0.485. The summed E-state index contributed by atoms with van der Waals surface area (Å²) in [7, 11) is 3.02. The van der Waals surface area contributed by atoms with Crippen molar-refractivity contribution >= 4 is 12.1 Å². The normalized spacial score (nSPS) is 10.5. The summed E-state index contributed by atoms with van der Waals surface area (Å²) in [6.45, 7) is 1.49. The molecule has 0 saturated carbocycles. The van der Waals surface area contributed by atoms with Crippen molar-refractivity contribution in [1.29, 1.82) is 5.26 Å². The topological polar surface area (TPSA) is 119 Å². The van der Waals surface area contributed by atoms with Gasteiger partial charge in [0.2, 0.25) is 0 Å². The van der Waals surface area contributed by atoms with Crippen LogP contribution in [0.1, 0.15) is 27.2 Å². The minimum Gasteiger partial charge on any atom is -0.497 e. The number of rotatable bonds is 6. The number of benzene rings is 2. The molecule has 1 amide bonds. The van der Waals surface area contributed by atoms with E-state index >= 15 is 0 Å². The van der Waals surface area contributed by atoms with Crippen molar-refractivity contribution in [1.82, 2.24) is 15.2 Å². The van der Waals surface area contributed by atoms with Gasteiger partial charge in [0.15, 0.2) is 5.69 Å². The number of carbonyl (C=O) groups is 1. The first-order valence-electron chi connectivity index (χ1n) is 9.15. The first-order valence-corrected chi connectivity index (χ1v) is 9.15. The summed E-state index contributed by atoms with van der Waals surface area (Å²) in [5.74, 6) is 0.403. The Morgan fingerprint density at radius 3 is 2.52 bits per heavy atom.